The summed E-state index contributed by atoms with van der Waals surface area (Å²) in [5.74, 6) is -0.0408. The minimum atomic E-state index is -0.224. The van der Waals surface area contributed by atoms with Crippen LogP contribution in [0.15, 0.2) is 12.3 Å². The molecule has 1 saturated carbocycles. The minimum absolute atomic E-state index is 0.0307. The van der Waals surface area contributed by atoms with Crippen LogP contribution < -0.4 is 11.1 Å². The molecule has 1 amide bonds. The lowest BCUT2D eigenvalue weighted by Crippen LogP contribution is -2.24. The highest BCUT2D eigenvalue weighted by atomic mass is 16.5. The molecule has 3 unspecified atom stereocenters. The fourth-order valence-electron chi connectivity index (χ4n) is 2.22. The Morgan fingerprint density at radius 3 is 3.19 bits per heavy atom. The van der Waals surface area contributed by atoms with Crippen LogP contribution in [0.5, 0.6) is 0 Å². The molecule has 0 radical (unpaired) electrons. The Morgan fingerprint density at radius 1 is 1.69 bits per heavy atom. The van der Waals surface area contributed by atoms with E-state index in [1.54, 1.807) is 10.9 Å². The van der Waals surface area contributed by atoms with Crippen molar-refractivity contribution in [3.63, 3.8) is 0 Å². The van der Waals surface area contributed by atoms with Gasteiger partial charge >= 0.3 is 0 Å². The van der Waals surface area contributed by atoms with Crippen molar-refractivity contribution >= 4 is 5.91 Å². The molecule has 0 spiro atoms. The monoisotopic (exact) mass is 222 g/mol. The third-order valence-corrected chi connectivity index (χ3v) is 3.16. The average Bonchev–Trinajstić information content (AvgIpc) is 2.72. The normalized spacial score (nSPS) is 32.9. The molecule has 2 aliphatic rings. The van der Waals surface area contributed by atoms with E-state index in [1.807, 2.05) is 6.07 Å². The first kappa shape index (κ1) is 9.80. The Hall–Kier alpha value is -1.40. The zero-order valence-corrected chi connectivity index (χ0v) is 8.80. The standard InChI is InChI=1S/C10H14N4O2/c11-9(15)7-5-6(7)8-1-2-13-14(8)10-12-3-4-16-10/h1-2,6-7,10,12H,3-5H2,(H2,11,15). The van der Waals surface area contributed by atoms with Crippen molar-refractivity contribution in [2.75, 3.05) is 13.2 Å². The Balaban J connectivity index is 1.81. The molecule has 1 aliphatic heterocycles. The fraction of sp³-hybridized carbons (Fsp3) is 0.600. The molecule has 1 saturated heterocycles. The highest BCUT2D eigenvalue weighted by Crippen LogP contribution is 2.47. The molecule has 0 aromatic carbocycles. The van der Waals surface area contributed by atoms with Crippen LogP contribution in [0.1, 0.15) is 24.4 Å². The van der Waals surface area contributed by atoms with Crippen LogP contribution in [0.2, 0.25) is 0 Å². The lowest BCUT2D eigenvalue weighted by molar-refractivity contribution is -0.119. The average molecular weight is 222 g/mol. The second kappa shape index (κ2) is 3.57. The van der Waals surface area contributed by atoms with Gasteiger partial charge in [0.15, 0.2) is 0 Å². The van der Waals surface area contributed by atoms with Crippen LogP contribution in [0, 0.1) is 5.92 Å². The van der Waals surface area contributed by atoms with Crippen molar-refractivity contribution in [2.45, 2.75) is 18.7 Å². The number of ether oxygens (including phenoxy) is 1. The van der Waals surface area contributed by atoms with Crippen molar-refractivity contribution in [1.29, 1.82) is 0 Å². The molecular weight excluding hydrogens is 208 g/mol. The van der Waals surface area contributed by atoms with E-state index in [4.69, 9.17) is 10.5 Å². The van der Waals surface area contributed by atoms with Crippen LogP contribution in [0.4, 0.5) is 0 Å². The summed E-state index contributed by atoms with van der Waals surface area (Å²) >= 11 is 0. The van der Waals surface area contributed by atoms with Gasteiger partial charge in [0.1, 0.15) is 0 Å². The third kappa shape index (κ3) is 1.50. The van der Waals surface area contributed by atoms with Gasteiger partial charge in [0.05, 0.1) is 6.61 Å². The number of primary amides is 1. The van der Waals surface area contributed by atoms with Gasteiger partial charge < -0.3 is 10.5 Å². The van der Waals surface area contributed by atoms with E-state index in [2.05, 4.69) is 10.4 Å². The van der Waals surface area contributed by atoms with E-state index in [9.17, 15) is 4.79 Å². The molecule has 86 valence electrons. The first-order chi connectivity index (χ1) is 7.77. The molecule has 3 atom stereocenters. The highest BCUT2D eigenvalue weighted by molar-refractivity contribution is 5.80. The van der Waals surface area contributed by atoms with E-state index < -0.39 is 0 Å². The van der Waals surface area contributed by atoms with Gasteiger partial charge in [-0.25, -0.2) is 4.68 Å². The molecule has 1 aliphatic carbocycles. The summed E-state index contributed by atoms with van der Waals surface area (Å²) in [5, 5.41) is 7.42. The number of hydrogen-bond donors (Lipinski definition) is 2. The second-order valence-electron chi connectivity index (χ2n) is 4.23. The van der Waals surface area contributed by atoms with Crippen LogP contribution in [-0.4, -0.2) is 28.8 Å². The number of carbonyl (C=O) groups is 1. The van der Waals surface area contributed by atoms with Crippen LogP contribution in [0.3, 0.4) is 0 Å². The number of nitrogens with zero attached hydrogens (tertiary/aromatic N) is 2. The molecule has 16 heavy (non-hydrogen) atoms. The maximum atomic E-state index is 11.0. The molecule has 3 rings (SSSR count). The first-order valence-electron chi connectivity index (χ1n) is 5.45. The summed E-state index contributed by atoms with van der Waals surface area (Å²) in [6.45, 7) is 1.52. The third-order valence-electron chi connectivity index (χ3n) is 3.16. The van der Waals surface area contributed by atoms with Gasteiger partial charge in [0, 0.05) is 30.3 Å². The fourth-order valence-corrected chi connectivity index (χ4v) is 2.22. The summed E-state index contributed by atoms with van der Waals surface area (Å²) < 4.78 is 7.29. The molecule has 3 N–H and O–H groups in total. The summed E-state index contributed by atoms with van der Waals surface area (Å²) in [6.07, 6.45) is 2.36. The predicted molar refractivity (Wildman–Crippen MR) is 55.3 cm³/mol. The van der Waals surface area contributed by atoms with E-state index in [1.165, 1.54) is 0 Å². The molecule has 2 heterocycles. The molecule has 1 aromatic rings. The van der Waals surface area contributed by atoms with Gasteiger partial charge in [0.2, 0.25) is 12.3 Å². The number of hydrogen-bond acceptors (Lipinski definition) is 4. The Bertz CT molecular complexity index is 411. The smallest absolute Gasteiger partial charge is 0.221 e. The van der Waals surface area contributed by atoms with Gasteiger partial charge in [0.25, 0.3) is 0 Å². The number of amides is 1. The van der Waals surface area contributed by atoms with E-state index in [-0.39, 0.29) is 24.1 Å². The molecule has 1 aromatic heterocycles. The highest BCUT2D eigenvalue weighted by Gasteiger charge is 2.45. The summed E-state index contributed by atoms with van der Waals surface area (Å²) in [4.78, 5) is 11.0. The topological polar surface area (TPSA) is 82.2 Å². The molecule has 0 bridgehead atoms. The molecule has 6 nitrogen and oxygen atoms in total. The zero-order valence-electron chi connectivity index (χ0n) is 8.80. The van der Waals surface area contributed by atoms with E-state index >= 15 is 0 Å². The van der Waals surface area contributed by atoms with Crippen molar-refractivity contribution in [3.8, 4) is 0 Å². The molecular formula is C10H14N4O2. The number of carbonyl (C=O) groups excluding carboxylic acids is 1. The first-order valence-corrected chi connectivity index (χ1v) is 5.45. The Kier molecular flexibility index (Phi) is 2.19. The summed E-state index contributed by atoms with van der Waals surface area (Å²) in [6, 6.07) is 1.93. The lowest BCUT2D eigenvalue weighted by atomic mass is 10.2. The van der Waals surface area contributed by atoms with Crippen molar-refractivity contribution in [1.82, 2.24) is 15.1 Å². The number of nitrogens with two attached hydrogens (primary N) is 1. The lowest BCUT2D eigenvalue weighted by Gasteiger charge is -2.13. The van der Waals surface area contributed by atoms with Crippen molar-refractivity contribution in [2.24, 2.45) is 11.7 Å². The summed E-state index contributed by atoms with van der Waals surface area (Å²) in [7, 11) is 0. The summed E-state index contributed by atoms with van der Waals surface area (Å²) in [5.41, 5.74) is 6.31. The van der Waals surface area contributed by atoms with Crippen molar-refractivity contribution < 1.29 is 9.53 Å². The number of nitrogens with one attached hydrogen (secondary N) is 1. The van der Waals surface area contributed by atoms with Crippen LogP contribution in [-0.2, 0) is 9.53 Å². The van der Waals surface area contributed by atoms with E-state index in [0.29, 0.717) is 6.61 Å². The minimum Gasteiger partial charge on any atom is -0.369 e. The van der Waals surface area contributed by atoms with Gasteiger partial charge in [-0.2, -0.15) is 5.10 Å². The van der Waals surface area contributed by atoms with Gasteiger partial charge in [-0.1, -0.05) is 0 Å². The van der Waals surface area contributed by atoms with Gasteiger partial charge in [-0.05, 0) is 12.5 Å². The number of aromatic nitrogens is 2. The van der Waals surface area contributed by atoms with Crippen LogP contribution in [0.25, 0.3) is 0 Å². The Morgan fingerprint density at radius 2 is 2.56 bits per heavy atom. The van der Waals surface area contributed by atoms with Crippen LogP contribution >= 0.6 is 0 Å². The number of rotatable bonds is 3. The quantitative estimate of drug-likeness (QED) is 0.725. The van der Waals surface area contributed by atoms with Crippen molar-refractivity contribution in [3.05, 3.63) is 18.0 Å². The maximum absolute atomic E-state index is 11.0. The largest absolute Gasteiger partial charge is 0.369 e. The second-order valence-corrected chi connectivity index (χ2v) is 4.23. The predicted octanol–water partition coefficient (Wildman–Crippen LogP) is -0.452. The maximum Gasteiger partial charge on any atom is 0.221 e. The van der Waals surface area contributed by atoms with Gasteiger partial charge in [-0.15, -0.1) is 0 Å². The zero-order chi connectivity index (χ0) is 11.1. The molecule has 2 fully saturated rings. The van der Waals surface area contributed by atoms with E-state index in [0.717, 1.165) is 18.7 Å². The Labute approximate surface area is 92.7 Å². The SMILES string of the molecule is NC(=O)C1CC1c1ccnn1C1NCCO1. The molecule has 6 heteroatoms. The van der Waals surface area contributed by atoms with Gasteiger partial charge in [-0.3, -0.25) is 10.1 Å².